The summed E-state index contributed by atoms with van der Waals surface area (Å²) in [5.41, 5.74) is 13.3. The Hall–Kier alpha value is -1.76. The van der Waals surface area contributed by atoms with E-state index in [1.165, 1.54) is 27.8 Å². The molecule has 19 heavy (non-hydrogen) atoms. The van der Waals surface area contributed by atoms with Gasteiger partial charge >= 0.3 is 0 Å². The van der Waals surface area contributed by atoms with Gasteiger partial charge in [-0.2, -0.15) is 0 Å². The Kier molecular flexibility index (Phi) is 3.40. The van der Waals surface area contributed by atoms with Gasteiger partial charge in [-0.3, -0.25) is 0 Å². The molecule has 2 rings (SSSR count). The Morgan fingerprint density at radius 2 is 1.42 bits per heavy atom. The summed E-state index contributed by atoms with van der Waals surface area (Å²) >= 11 is 0. The fourth-order valence-corrected chi connectivity index (χ4v) is 2.22. The second-order valence-electron chi connectivity index (χ2n) is 6.33. The molecule has 0 bridgehead atoms. The molecule has 0 radical (unpaired) electrons. The summed E-state index contributed by atoms with van der Waals surface area (Å²) in [7, 11) is 0. The van der Waals surface area contributed by atoms with E-state index >= 15 is 0 Å². The molecule has 0 aromatic heterocycles. The minimum Gasteiger partial charge on any atom is -0.398 e. The number of rotatable bonds is 1. The Labute approximate surface area is 116 Å². The molecule has 0 spiro atoms. The highest BCUT2D eigenvalue weighted by Crippen LogP contribution is 2.29. The van der Waals surface area contributed by atoms with Crippen molar-refractivity contribution in [2.24, 2.45) is 0 Å². The molecule has 0 saturated carbocycles. The van der Waals surface area contributed by atoms with Crippen LogP contribution in [0.1, 0.15) is 37.5 Å². The van der Waals surface area contributed by atoms with Gasteiger partial charge in [-0.25, -0.2) is 0 Å². The van der Waals surface area contributed by atoms with E-state index in [0.29, 0.717) is 0 Å². The molecule has 100 valence electrons. The van der Waals surface area contributed by atoms with Crippen molar-refractivity contribution in [1.29, 1.82) is 0 Å². The number of hydrogen-bond donors (Lipinski definition) is 1. The van der Waals surface area contributed by atoms with Crippen molar-refractivity contribution in [3.05, 3.63) is 53.1 Å². The van der Waals surface area contributed by atoms with Gasteiger partial charge in [0.05, 0.1) is 0 Å². The second kappa shape index (κ2) is 4.73. The summed E-state index contributed by atoms with van der Waals surface area (Å²) in [4.78, 5) is 0. The summed E-state index contributed by atoms with van der Waals surface area (Å²) in [6.07, 6.45) is 0. The van der Waals surface area contributed by atoms with Crippen molar-refractivity contribution < 1.29 is 0 Å². The van der Waals surface area contributed by atoms with E-state index in [9.17, 15) is 0 Å². The lowest BCUT2D eigenvalue weighted by Gasteiger charge is -2.19. The highest BCUT2D eigenvalue weighted by Gasteiger charge is 2.13. The van der Waals surface area contributed by atoms with Crippen molar-refractivity contribution in [2.75, 3.05) is 5.73 Å². The molecule has 2 aromatic rings. The molecule has 0 amide bonds. The molecule has 0 aliphatic heterocycles. The smallest absolute Gasteiger partial charge is 0.0352 e. The zero-order chi connectivity index (χ0) is 14.2. The first-order chi connectivity index (χ1) is 8.79. The fraction of sp³-hybridized carbons (Fsp3) is 0.333. The third-order valence-corrected chi connectivity index (χ3v) is 3.79. The highest BCUT2D eigenvalue weighted by molar-refractivity contribution is 5.70. The third-order valence-electron chi connectivity index (χ3n) is 3.79. The Morgan fingerprint density at radius 3 is 1.89 bits per heavy atom. The molecule has 2 aromatic carbocycles. The van der Waals surface area contributed by atoms with Gasteiger partial charge in [0, 0.05) is 5.69 Å². The van der Waals surface area contributed by atoms with Crippen LogP contribution in [-0.2, 0) is 5.41 Å². The van der Waals surface area contributed by atoms with E-state index in [1.807, 2.05) is 0 Å². The van der Waals surface area contributed by atoms with Gasteiger partial charge in [0.15, 0.2) is 0 Å². The van der Waals surface area contributed by atoms with Gasteiger partial charge in [0.25, 0.3) is 0 Å². The van der Waals surface area contributed by atoms with Crippen LogP contribution in [0.25, 0.3) is 11.1 Å². The van der Waals surface area contributed by atoms with Crippen LogP contribution in [0, 0.1) is 13.8 Å². The molecule has 0 atom stereocenters. The van der Waals surface area contributed by atoms with Crippen molar-refractivity contribution >= 4 is 5.69 Å². The van der Waals surface area contributed by atoms with Crippen molar-refractivity contribution in [2.45, 2.75) is 40.0 Å². The lowest BCUT2D eigenvalue weighted by molar-refractivity contribution is 0.590. The second-order valence-corrected chi connectivity index (χ2v) is 6.33. The average molecular weight is 253 g/mol. The van der Waals surface area contributed by atoms with Gasteiger partial charge in [0.1, 0.15) is 0 Å². The Balaban J connectivity index is 2.43. The topological polar surface area (TPSA) is 26.0 Å². The van der Waals surface area contributed by atoms with Crippen LogP contribution in [0.2, 0.25) is 0 Å². The summed E-state index contributed by atoms with van der Waals surface area (Å²) < 4.78 is 0. The summed E-state index contributed by atoms with van der Waals surface area (Å²) in [6.45, 7) is 10.9. The quantitative estimate of drug-likeness (QED) is 0.722. The minimum atomic E-state index is 0.195. The minimum absolute atomic E-state index is 0.195. The van der Waals surface area contributed by atoms with Crippen LogP contribution in [-0.4, -0.2) is 0 Å². The average Bonchev–Trinajstić information content (AvgIpc) is 2.34. The van der Waals surface area contributed by atoms with E-state index in [2.05, 4.69) is 71.0 Å². The van der Waals surface area contributed by atoms with Crippen LogP contribution >= 0.6 is 0 Å². The maximum absolute atomic E-state index is 6.06. The molecule has 0 saturated heterocycles. The van der Waals surface area contributed by atoms with Gasteiger partial charge in [-0.05, 0) is 53.1 Å². The monoisotopic (exact) mass is 253 g/mol. The van der Waals surface area contributed by atoms with Crippen molar-refractivity contribution in [1.82, 2.24) is 0 Å². The predicted molar refractivity (Wildman–Crippen MR) is 84.5 cm³/mol. The van der Waals surface area contributed by atoms with E-state index in [4.69, 9.17) is 5.73 Å². The zero-order valence-electron chi connectivity index (χ0n) is 12.5. The number of nitrogen functional groups attached to an aromatic ring is 1. The number of anilines is 1. The van der Waals surface area contributed by atoms with Crippen LogP contribution < -0.4 is 5.73 Å². The van der Waals surface area contributed by atoms with Gasteiger partial charge in [-0.15, -0.1) is 0 Å². The number of hydrogen-bond acceptors (Lipinski definition) is 1. The molecule has 0 heterocycles. The van der Waals surface area contributed by atoms with E-state index in [0.717, 1.165) is 5.69 Å². The summed E-state index contributed by atoms with van der Waals surface area (Å²) in [5.74, 6) is 0. The Morgan fingerprint density at radius 1 is 0.842 bits per heavy atom. The molecule has 0 unspecified atom stereocenters. The maximum atomic E-state index is 6.06. The van der Waals surface area contributed by atoms with Gasteiger partial charge in [0.2, 0.25) is 0 Å². The summed E-state index contributed by atoms with van der Waals surface area (Å²) in [5, 5.41) is 0. The Bertz CT molecular complexity index is 563. The molecular formula is C18H23N. The number of aryl methyl sites for hydroxylation is 1. The SMILES string of the molecule is Cc1cc(-c2ccc(C(C)(C)C)cc2)cc(N)c1C. The lowest BCUT2D eigenvalue weighted by Crippen LogP contribution is -2.10. The summed E-state index contributed by atoms with van der Waals surface area (Å²) in [6, 6.07) is 13.1. The third kappa shape index (κ3) is 2.81. The van der Waals surface area contributed by atoms with E-state index < -0.39 is 0 Å². The van der Waals surface area contributed by atoms with E-state index in [-0.39, 0.29) is 5.41 Å². The first-order valence-corrected chi connectivity index (χ1v) is 6.76. The largest absolute Gasteiger partial charge is 0.398 e. The molecule has 0 aliphatic rings. The van der Waals surface area contributed by atoms with Crippen LogP contribution in [0.4, 0.5) is 5.69 Å². The number of benzene rings is 2. The number of nitrogens with two attached hydrogens (primary N) is 1. The normalized spacial score (nSPS) is 11.6. The molecule has 0 fully saturated rings. The van der Waals surface area contributed by atoms with Crippen LogP contribution in [0.5, 0.6) is 0 Å². The molecule has 1 heteroatoms. The van der Waals surface area contributed by atoms with Crippen LogP contribution in [0.15, 0.2) is 36.4 Å². The maximum Gasteiger partial charge on any atom is 0.0352 e. The van der Waals surface area contributed by atoms with Crippen molar-refractivity contribution in [3.63, 3.8) is 0 Å². The lowest BCUT2D eigenvalue weighted by atomic mass is 9.86. The van der Waals surface area contributed by atoms with Crippen LogP contribution in [0.3, 0.4) is 0 Å². The van der Waals surface area contributed by atoms with Gasteiger partial charge < -0.3 is 5.73 Å². The zero-order valence-corrected chi connectivity index (χ0v) is 12.5. The predicted octanol–water partition coefficient (Wildman–Crippen LogP) is 4.85. The first kappa shape index (κ1) is 13.7. The van der Waals surface area contributed by atoms with Crippen molar-refractivity contribution in [3.8, 4) is 11.1 Å². The molecule has 2 N–H and O–H groups in total. The van der Waals surface area contributed by atoms with E-state index in [1.54, 1.807) is 0 Å². The molecular weight excluding hydrogens is 230 g/mol. The fourth-order valence-electron chi connectivity index (χ4n) is 2.22. The molecule has 0 aliphatic carbocycles. The first-order valence-electron chi connectivity index (χ1n) is 6.76. The molecule has 1 nitrogen and oxygen atoms in total. The highest BCUT2D eigenvalue weighted by atomic mass is 14.6. The standard InChI is InChI=1S/C18H23N/c1-12-10-15(11-17(19)13(12)2)14-6-8-16(9-7-14)18(3,4)5/h6-11H,19H2,1-5H3. The van der Waals surface area contributed by atoms with Gasteiger partial charge in [-0.1, -0.05) is 51.1 Å².